The van der Waals surface area contributed by atoms with Gasteiger partial charge in [-0.15, -0.1) is 0 Å². The van der Waals surface area contributed by atoms with Crippen LogP contribution in [0.5, 0.6) is 0 Å². The van der Waals surface area contributed by atoms with Crippen molar-refractivity contribution in [3.63, 3.8) is 0 Å². The second-order valence-electron chi connectivity index (χ2n) is 6.81. The summed E-state index contributed by atoms with van der Waals surface area (Å²) in [5.41, 5.74) is 3.20. The van der Waals surface area contributed by atoms with Gasteiger partial charge in [-0.05, 0) is 36.2 Å². The van der Waals surface area contributed by atoms with Crippen molar-refractivity contribution in [1.29, 1.82) is 0 Å². The van der Waals surface area contributed by atoms with Crippen LogP contribution in [0.3, 0.4) is 0 Å². The number of carbonyl (C=O) groups is 2. The van der Waals surface area contributed by atoms with Crippen LogP contribution in [0.1, 0.15) is 16.1 Å². The summed E-state index contributed by atoms with van der Waals surface area (Å²) in [5.74, 6) is -0.251. The first kappa shape index (κ1) is 18.7. The van der Waals surface area contributed by atoms with Gasteiger partial charge >= 0.3 is 0 Å². The van der Waals surface area contributed by atoms with Crippen molar-refractivity contribution in [2.75, 3.05) is 31.1 Å². The predicted molar refractivity (Wildman–Crippen MR) is 109 cm³/mol. The third kappa shape index (κ3) is 4.60. The quantitative estimate of drug-likeness (QED) is 0.659. The molecule has 4 rings (SSSR count). The molecule has 1 aliphatic heterocycles. The third-order valence-corrected chi connectivity index (χ3v) is 4.74. The first-order valence-corrected chi connectivity index (χ1v) is 9.54. The topological polar surface area (TPSA) is 92.2 Å². The Kier molecular flexibility index (Phi) is 5.51. The van der Waals surface area contributed by atoms with Crippen LogP contribution in [0.4, 0.5) is 5.69 Å². The standard InChI is InChI=1S/C21H22N6O2/c28-20-15-26(11-10-23-20)18-7-9-22-19(12-18)21(29)24-8-6-16-13-25-27(14-16)17-4-2-1-3-5-17/h1-5,7,9,12-14H,6,8,10-11,15H2,(H,23,28)(H,24,29). The number of carbonyl (C=O) groups excluding carboxylic acids is 2. The van der Waals surface area contributed by atoms with Gasteiger partial charge in [0.25, 0.3) is 5.91 Å². The number of pyridine rings is 1. The van der Waals surface area contributed by atoms with Gasteiger partial charge in [0.2, 0.25) is 5.91 Å². The fraction of sp³-hybridized carbons (Fsp3) is 0.238. The van der Waals surface area contributed by atoms with Gasteiger partial charge in [-0.2, -0.15) is 5.10 Å². The molecule has 2 aromatic heterocycles. The number of nitrogens with one attached hydrogen (secondary N) is 2. The van der Waals surface area contributed by atoms with E-state index in [0.717, 1.165) is 16.9 Å². The Balaban J connectivity index is 1.33. The molecule has 0 spiro atoms. The van der Waals surface area contributed by atoms with E-state index in [2.05, 4.69) is 20.7 Å². The van der Waals surface area contributed by atoms with E-state index in [1.165, 1.54) is 0 Å². The highest BCUT2D eigenvalue weighted by atomic mass is 16.2. The highest BCUT2D eigenvalue weighted by Gasteiger charge is 2.18. The number of para-hydroxylation sites is 1. The van der Waals surface area contributed by atoms with Crippen LogP contribution < -0.4 is 15.5 Å². The number of piperazine rings is 1. The number of hydrogen-bond donors (Lipinski definition) is 2. The molecule has 1 fully saturated rings. The van der Waals surface area contributed by atoms with Crippen molar-refractivity contribution < 1.29 is 9.59 Å². The monoisotopic (exact) mass is 390 g/mol. The van der Waals surface area contributed by atoms with Crippen LogP contribution in [0.25, 0.3) is 5.69 Å². The molecule has 3 aromatic rings. The molecule has 2 N–H and O–H groups in total. The first-order chi connectivity index (χ1) is 14.2. The van der Waals surface area contributed by atoms with Gasteiger partial charge < -0.3 is 15.5 Å². The third-order valence-electron chi connectivity index (χ3n) is 4.74. The number of aromatic nitrogens is 3. The van der Waals surface area contributed by atoms with Crippen LogP contribution in [0.15, 0.2) is 61.1 Å². The summed E-state index contributed by atoms with van der Waals surface area (Å²) in [6.45, 7) is 2.08. The van der Waals surface area contributed by atoms with Crippen LogP contribution in [0, 0.1) is 0 Å². The van der Waals surface area contributed by atoms with E-state index in [1.807, 2.05) is 52.2 Å². The van der Waals surface area contributed by atoms with Crippen LogP contribution in [0.2, 0.25) is 0 Å². The van der Waals surface area contributed by atoms with Crippen LogP contribution in [-0.4, -0.2) is 52.8 Å². The molecule has 2 amide bonds. The Hall–Kier alpha value is -3.68. The van der Waals surface area contributed by atoms with Crippen LogP contribution >= 0.6 is 0 Å². The Morgan fingerprint density at radius 3 is 2.86 bits per heavy atom. The van der Waals surface area contributed by atoms with E-state index < -0.39 is 0 Å². The molecular formula is C21H22N6O2. The lowest BCUT2D eigenvalue weighted by Crippen LogP contribution is -2.47. The number of anilines is 1. The molecule has 0 aliphatic carbocycles. The molecule has 1 aliphatic rings. The number of hydrogen-bond acceptors (Lipinski definition) is 5. The van der Waals surface area contributed by atoms with E-state index in [9.17, 15) is 9.59 Å². The summed E-state index contributed by atoms with van der Waals surface area (Å²) in [6, 6.07) is 13.4. The lowest BCUT2D eigenvalue weighted by atomic mass is 10.2. The van der Waals surface area contributed by atoms with Gasteiger partial charge in [0.05, 0.1) is 18.4 Å². The average Bonchev–Trinajstić information content (AvgIpc) is 3.23. The van der Waals surface area contributed by atoms with Gasteiger partial charge in [-0.3, -0.25) is 14.6 Å². The minimum Gasteiger partial charge on any atom is -0.360 e. The number of nitrogens with zero attached hydrogens (tertiary/aromatic N) is 4. The largest absolute Gasteiger partial charge is 0.360 e. The van der Waals surface area contributed by atoms with Crippen molar-refractivity contribution in [1.82, 2.24) is 25.4 Å². The van der Waals surface area contributed by atoms with Gasteiger partial charge in [0, 0.05) is 37.7 Å². The highest BCUT2D eigenvalue weighted by molar-refractivity contribution is 5.93. The Morgan fingerprint density at radius 2 is 2.03 bits per heavy atom. The normalized spacial score (nSPS) is 13.8. The lowest BCUT2D eigenvalue weighted by Gasteiger charge is -2.28. The molecule has 0 atom stereocenters. The van der Waals surface area contributed by atoms with E-state index >= 15 is 0 Å². The Labute approximate surface area is 168 Å². The molecule has 148 valence electrons. The minimum absolute atomic E-state index is 0.0184. The molecule has 0 bridgehead atoms. The molecule has 0 saturated carbocycles. The summed E-state index contributed by atoms with van der Waals surface area (Å²) >= 11 is 0. The first-order valence-electron chi connectivity index (χ1n) is 9.54. The van der Waals surface area contributed by atoms with E-state index in [1.54, 1.807) is 18.5 Å². The second kappa shape index (κ2) is 8.55. The van der Waals surface area contributed by atoms with Crippen molar-refractivity contribution in [3.8, 4) is 5.69 Å². The number of amides is 2. The molecular weight excluding hydrogens is 368 g/mol. The number of benzene rings is 1. The van der Waals surface area contributed by atoms with Crippen LogP contribution in [-0.2, 0) is 11.2 Å². The minimum atomic E-state index is -0.233. The van der Waals surface area contributed by atoms with Crippen molar-refractivity contribution in [3.05, 3.63) is 72.3 Å². The van der Waals surface area contributed by atoms with E-state index in [-0.39, 0.29) is 18.4 Å². The molecule has 29 heavy (non-hydrogen) atoms. The van der Waals surface area contributed by atoms with Crippen molar-refractivity contribution in [2.45, 2.75) is 6.42 Å². The average molecular weight is 390 g/mol. The maximum atomic E-state index is 12.5. The van der Waals surface area contributed by atoms with Gasteiger partial charge in [0.15, 0.2) is 0 Å². The Bertz CT molecular complexity index is 1000. The smallest absolute Gasteiger partial charge is 0.269 e. The number of rotatable bonds is 6. The Morgan fingerprint density at radius 1 is 1.17 bits per heavy atom. The van der Waals surface area contributed by atoms with Crippen molar-refractivity contribution in [2.24, 2.45) is 0 Å². The molecule has 1 aromatic carbocycles. The SMILES string of the molecule is O=C1CN(c2ccnc(C(=O)NCCc3cnn(-c4ccccc4)c3)c2)CCN1. The lowest BCUT2D eigenvalue weighted by molar-refractivity contribution is -0.120. The molecule has 1 saturated heterocycles. The fourth-order valence-corrected chi connectivity index (χ4v) is 3.22. The van der Waals surface area contributed by atoms with Gasteiger partial charge in [-0.1, -0.05) is 18.2 Å². The zero-order valence-corrected chi connectivity index (χ0v) is 15.9. The summed E-state index contributed by atoms with van der Waals surface area (Å²) in [4.78, 5) is 30.2. The van der Waals surface area contributed by atoms with Gasteiger partial charge in [-0.25, -0.2) is 4.68 Å². The fourth-order valence-electron chi connectivity index (χ4n) is 3.22. The summed E-state index contributed by atoms with van der Waals surface area (Å²) < 4.78 is 1.82. The molecule has 8 heteroatoms. The van der Waals surface area contributed by atoms with Gasteiger partial charge in [0.1, 0.15) is 5.69 Å². The highest BCUT2D eigenvalue weighted by Crippen LogP contribution is 2.15. The zero-order valence-electron chi connectivity index (χ0n) is 15.9. The zero-order chi connectivity index (χ0) is 20.1. The van der Waals surface area contributed by atoms with Crippen molar-refractivity contribution >= 4 is 17.5 Å². The van der Waals surface area contributed by atoms with E-state index in [4.69, 9.17) is 0 Å². The summed E-state index contributed by atoms with van der Waals surface area (Å²) in [5, 5.41) is 10.1. The molecule has 3 heterocycles. The maximum Gasteiger partial charge on any atom is 0.269 e. The molecule has 8 nitrogen and oxygen atoms in total. The molecule has 0 unspecified atom stereocenters. The predicted octanol–water partition coefficient (Wildman–Crippen LogP) is 1.18. The summed E-state index contributed by atoms with van der Waals surface area (Å²) in [6.07, 6.45) is 6.03. The van der Waals surface area contributed by atoms with E-state index in [0.29, 0.717) is 31.7 Å². The molecule has 0 radical (unpaired) electrons. The maximum absolute atomic E-state index is 12.5. The summed E-state index contributed by atoms with van der Waals surface area (Å²) in [7, 11) is 0. The second-order valence-corrected chi connectivity index (χ2v) is 6.81.